The summed E-state index contributed by atoms with van der Waals surface area (Å²) in [7, 11) is 3.77. The average molecular weight is 472 g/mol. The minimum absolute atomic E-state index is 0.0641. The van der Waals surface area contributed by atoms with Gasteiger partial charge in [0.15, 0.2) is 0 Å². The van der Waals surface area contributed by atoms with E-state index in [0.29, 0.717) is 11.1 Å². The van der Waals surface area contributed by atoms with Gasteiger partial charge in [0, 0.05) is 48.9 Å². The van der Waals surface area contributed by atoms with Gasteiger partial charge >= 0.3 is 0 Å². The summed E-state index contributed by atoms with van der Waals surface area (Å²) in [4.78, 5) is 8.70. The average Bonchev–Trinajstić information content (AvgIpc) is 3.48. The van der Waals surface area contributed by atoms with Gasteiger partial charge in [-0.25, -0.2) is 9.37 Å². The number of ether oxygens (including phenoxy) is 1. The SMILES string of the molecule is CNc1cc2c(cn1)c(-c1cnn(C)c1)nn2C1CCC(Oc2cccc3ncc(F)cc23)CC1. The second kappa shape index (κ2) is 8.65. The molecule has 1 saturated carbocycles. The van der Waals surface area contributed by atoms with Gasteiger partial charge in [-0.1, -0.05) is 6.07 Å². The van der Waals surface area contributed by atoms with E-state index in [1.54, 1.807) is 4.68 Å². The normalized spacial score (nSPS) is 18.3. The van der Waals surface area contributed by atoms with Crippen LogP contribution in [0.1, 0.15) is 31.7 Å². The van der Waals surface area contributed by atoms with Crippen LogP contribution in [0.25, 0.3) is 33.1 Å². The third kappa shape index (κ3) is 3.96. The van der Waals surface area contributed by atoms with Crippen molar-refractivity contribution in [2.75, 3.05) is 12.4 Å². The van der Waals surface area contributed by atoms with E-state index in [4.69, 9.17) is 9.84 Å². The van der Waals surface area contributed by atoms with Crippen molar-refractivity contribution in [1.29, 1.82) is 0 Å². The molecule has 0 amide bonds. The Morgan fingerprint density at radius 1 is 1.03 bits per heavy atom. The fourth-order valence-corrected chi connectivity index (χ4v) is 4.99. The lowest BCUT2D eigenvalue weighted by Gasteiger charge is -2.30. The number of aryl methyl sites for hydroxylation is 1. The molecule has 1 N–H and O–H groups in total. The highest BCUT2D eigenvalue weighted by Crippen LogP contribution is 2.37. The molecule has 1 fully saturated rings. The molecule has 0 saturated heterocycles. The van der Waals surface area contributed by atoms with E-state index in [1.807, 2.05) is 50.9 Å². The number of halogens is 1. The first-order chi connectivity index (χ1) is 17.1. The Morgan fingerprint density at radius 2 is 1.89 bits per heavy atom. The molecule has 4 heterocycles. The highest BCUT2D eigenvalue weighted by molar-refractivity contribution is 5.93. The zero-order valence-corrected chi connectivity index (χ0v) is 19.6. The first-order valence-electron chi connectivity index (χ1n) is 11.8. The number of fused-ring (bicyclic) bond motifs is 2. The maximum Gasteiger partial charge on any atom is 0.142 e. The van der Waals surface area contributed by atoms with Crippen molar-refractivity contribution in [1.82, 2.24) is 29.5 Å². The van der Waals surface area contributed by atoms with Crippen molar-refractivity contribution >= 4 is 27.6 Å². The Bertz CT molecular complexity index is 1520. The molecule has 6 rings (SSSR count). The summed E-state index contributed by atoms with van der Waals surface area (Å²) in [6.45, 7) is 0. The number of hydrogen-bond donors (Lipinski definition) is 1. The summed E-state index contributed by atoms with van der Waals surface area (Å²) in [5.74, 6) is 1.14. The van der Waals surface area contributed by atoms with E-state index in [9.17, 15) is 4.39 Å². The summed E-state index contributed by atoms with van der Waals surface area (Å²) in [5.41, 5.74) is 3.66. The summed E-state index contributed by atoms with van der Waals surface area (Å²) in [5, 5.41) is 14.2. The monoisotopic (exact) mass is 471 g/mol. The lowest BCUT2D eigenvalue weighted by molar-refractivity contribution is 0.132. The highest BCUT2D eigenvalue weighted by Gasteiger charge is 2.27. The second-order valence-corrected chi connectivity index (χ2v) is 9.06. The van der Waals surface area contributed by atoms with Crippen LogP contribution in [-0.4, -0.2) is 42.7 Å². The van der Waals surface area contributed by atoms with Crippen molar-refractivity contribution < 1.29 is 9.13 Å². The molecule has 0 spiro atoms. The van der Waals surface area contributed by atoms with E-state index in [-0.39, 0.29) is 18.0 Å². The van der Waals surface area contributed by atoms with Crippen LogP contribution in [-0.2, 0) is 7.05 Å². The van der Waals surface area contributed by atoms with Crippen LogP contribution in [0.2, 0.25) is 0 Å². The quantitative estimate of drug-likeness (QED) is 0.383. The third-order valence-electron chi connectivity index (χ3n) is 6.76. The lowest BCUT2D eigenvalue weighted by Crippen LogP contribution is -2.26. The van der Waals surface area contributed by atoms with E-state index < -0.39 is 0 Å². The van der Waals surface area contributed by atoms with E-state index in [0.717, 1.165) is 59.2 Å². The number of anilines is 1. The van der Waals surface area contributed by atoms with Crippen LogP contribution >= 0.6 is 0 Å². The van der Waals surface area contributed by atoms with Gasteiger partial charge < -0.3 is 10.1 Å². The molecule has 178 valence electrons. The zero-order valence-electron chi connectivity index (χ0n) is 19.6. The van der Waals surface area contributed by atoms with Gasteiger partial charge in [-0.15, -0.1) is 0 Å². The van der Waals surface area contributed by atoms with E-state index in [2.05, 4.69) is 31.1 Å². The first-order valence-corrected chi connectivity index (χ1v) is 11.8. The summed E-state index contributed by atoms with van der Waals surface area (Å²) in [6, 6.07) is 9.46. The smallest absolute Gasteiger partial charge is 0.142 e. The fourth-order valence-electron chi connectivity index (χ4n) is 4.99. The fraction of sp³-hybridized carbons (Fsp3) is 0.308. The molecule has 1 aliphatic carbocycles. The minimum atomic E-state index is -0.359. The van der Waals surface area contributed by atoms with Gasteiger partial charge in [0.2, 0.25) is 0 Å². The molecule has 35 heavy (non-hydrogen) atoms. The van der Waals surface area contributed by atoms with Gasteiger partial charge in [0.1, 0.15) is 23.1 Å². The van der Waals surface area contributed by atoms with Crippen LogP contribution in [0.4, 0.5) is 10.2 Å². The Kier molecular flexibility index (Phi) is 5.32. The lowest BCUT2D eigenvalue weighted by atomic mass is 9.93. The Labute approximate surface area is 201 Å². The predicted octanol–water partition coefficient (Wildman–Crippen LogP) is 5.12. The topological polar surface area (TPSA) is 82.7 Å². The van der Waals surface area contributed by atoms with Crippen molar-refractivity contribution in [2.24, 2.45) is 7.05 Å². The molecule has 1 aromatic carbocycles. The van der Waals surface area contributed by atoms with E-state index in [1.165, 1.54) is 12.3 Å². The molecule has 8 nitrogen and oxygen atoms in total. The van der Waals surface area contributed by atoms with Gasteiger partial charge in [-0.2, -0.15) is 10.2 Å². The van der Waals surface area contributed by atoms with Crippen molar-refractivity contribution in [3.05, 3.63) is 60.9 Å². The van der Waals surface area contributed by atoms with Crippen LogP contribution in [0, 0.1) is 5.82 Å². The number of pyridine rings is 2. The van der Waals surface area contributed by atoms with Crippen LogP contribution in [0.5, 0.6) is 5.75 Å². The number of hydrogen-bond acceptors (Lipinski definition) is 6. The number of aromatic nitrogens is 6. The van der Waals surface area contributed by atoms with Crippen LogP contribution in [0.3, 0.4) is 0 Å². The Hall–Kier alpha value is -4.01. The molecule has 4 aromatic heterocycles. The maximum absolute atomic E-state index is 13.8. The Balaban J connectivity index is 1.26. The molecule has 9 heteroatoms. The summed E-state index contributed by atoms with van der Waals surface area (Å²) < 4.78 is 24.1. The van der Waals surface area contributed by atoms with Crippen LogP contribution in [0.15, 0.2) is 55.1 Å². The molecular weight excluding hydrogens is 445 g/mol. The molecule has 1 aliphatic rings. The summed E-state index contributed by atoms with van der Waals surface area (Å²) in [6.07, 6.45) is 10.6. The highest BCUT2D eigenvalue weighted by atomic mass is 19.1. The molecule has 0 radical (unpaired) electrons. The van der Waals surface area contributed by atoms with Gasteiger partial charge in [-0.05, 0) is 43.9 Å². The Morgan fingerprint density at radius 3 is 2.66 bits per heavy atom. The first kappa shape index (κ1) is 21.5. The predicted molar refractivity (Wildman–Crippen MR) is 133 cm³/mol. The molecular formula is C26H26FN7O. The standard InChI is InChI=1S/C26H26FN7O/c1-28-25-11-23-21(14-30-25)26(16-12-31-33(2)15-16)32-34(23)18-6-8-19(9-7-18)35-24-5-3-4-22-20(24)10-17(27)13-29-22/h3-5,10-15,18-19H,6-9H2,1-2H3,(H,28,30). The molecule has 0 unspecified atom stereocenters. The zero-order chi connectivity index (χ0) is 23.9. The molecule has 5 aromatic rings. The maximum atomic E-state index is 13.8. The number of benzene rings is 1. The minimum Gasteiger partial charge on any atom is -0.490 e. The molecule has 0 aliphatic heterocycles. The number of rotatable bonds is 5. The van der Waals surface area contributed by atoms with Crippen LogP contribution < -0.4 is 10.1 Å². The third-order valence-corrected chi connectivity index (χ3v) is 6.76. The number of nitrogens with zero attached hydrogens (tertiary/aromatic N) is 6. The second-order valence-electron chi connectivity index (χ2n) is 9.06. The molecule has 0 bridgehead atoms. The van der Waals surface area contributed by atoms with Crippen molar-refractivity contribution in [3.8, 4) is 17.0 Å². The van der Waals surface area contributed by atoms with Gasteiger partial charge in [0.25, 0.3) is 0 Å². The van der Waals surface area contributed by atoms with Gasteiger partial charge in [-0.3, -0.25) is 14.3 Å². The molecule has 0 atom stereocenters. The van der Waals surface area contributed by atoms with Crippen molar-refractivity contribution in [3.63, 3.8) is 0 Å². The van der Waals surface area contributed by atoms with Crippen molar-refractivity contribution in [2.45, 2.75) is 37.8 Å². The van der Waals surface area contributed by atoms with E-state index >= 15 is 0 Å². The number of nitrogens with one attached hydrogen (secondary N) is 1. The largest absolute Gasteiger partial charge is 0.490 e. The van der Waals surface area contributed by atoms with Gasteiger partial charge in [0.05, 0.1) is 35.6 Å². The summed E-state index contributed by atoms with van der Waals surface area (Å²) >= 11 is 0.